The van der Waals surface area contributed by atoms with Crippen molar-refractivity contribution in [1.29, 1.82) is 0 Å². The van der Waals surface area contributed by atoms with Gasteiger partial charge in [-0.15, -0.1) is 11.3 Å². The van der Waals surface area contributed by atoms with Gasteiger partial charge in [-0.05, 0) is 44.4 Å². The van der Waals surface area contributed by atoms with Gasteiger partial charge in [0.2, 0.25) is 0 Å². The molecule has 0 bridgehead atoms. The minimum absolute atomic E-state index is 0.00229. The molecular formula is C23H26N2O4S2. The third kappa shape index (κ3) is 4.50. The highest BCUT2D eigenvalue weighted by Crippen LogP contribution is 2.35. The van der Waals surface area contributed by atoms with E-state index >= 15 is 0 Å². The predicted octanol–water partition coefficient (Wildman–Crippen LogP) is 5.46. The zero-order chi connectivity index (χ0) is 22.9. The normalized spacial score (nSPS) is 11.7. The second kappa shape index (κ2) is 8.80. The number of aromatic carboxylic acids is 1. The summed E-state index contributed by atoms with van der Waals surface area (Å²) in [6.07, 6.45) is 0. The zero-order valence-electron chi connectivity index (χ0n) is 18.2. The first-order valence-corrected chi connectivity index (χ1v) is 12.3. The summed E-state index contributed by atoms with van der Waals surface area (Å²) in [5, 5.41) is 10.3. The molecule has 0 aliphatic carbocycles. The number of aromatic nitrogens is 1. The van der Waals surface area contributed by atoms with Crippen molar-refractivity contribution in [2.45, 2.75) is 45.4 Å². The van der Waals surface area contributed by atoms with Crippen LogP contribution >= 0.6 is 11.3 Å². The fourth-order valence-corrected chi connectivity index (χ4v) is 5.87. The molecule has 0 aliphatic heterocycles. The summed E-state index contributed by atoms with van der Waals surface area (Å²) in [5.74, 6) is -0.814. The van der Waals surface area contributed by atoms with Crippen molar-refractivity contribution in [3.05, 3.63) is 64.0 Å². The fraction of sp³-hybridized carbons (Fsp3) is 0.304. The van der Waals surface area contributed by atoms with Crippen molar-refractivity contribution < 1.29 is 18.3 Å². The molecule has 0 spiro atoms. The van der Waals surface area contributed by atoms with Gasteiger partial charge in [-0.2, -0.15) is 0 Å². The van der Waals surface area contributed by atoms with Crippen LogP contribution < -0.4 is 4.31 Å². The monoisotopic (exact) mass is 458 g/mol. The summed E-state index contributed by atoms with van der Waals surface area (Å²) in [4.78, 5) is 17.1. The van der Waals surface area contributed by atoms with E-state index in [9.17, 15) is 18.3 Å². The predicted molar refractivity (Wildman–Crippen MR) is 125 cm³/mol. The Hall–Kier alpha value is -2.71. The van der Waals surface area contributed by atoms with E-state index in [1.807, 2.05) is 52.0 Å². The van der Waals surface area contributed by atoms with Crippen molar-refractivity contribution in [3.63, 3.8) is 0 Å². The summed E-state index contributed by atoms with van der Waals surface area (Å²) < 4.78 is 28.2. The maximum atomic E-state index is 13.5. The first-order chi connectivity index (χ1) is 14.6. The third-order valence-corrected chi connectivity index (χ3v) is 7.93. The number of rotatable bonds is 7. The Labute approximate surface area is 187 Å². The van der Waals surface area contributed by atoms with Crippen LogP contribution in [-0.4, -0.2) is 31.0 Å². The number of anilines is 1. The van der Waals surface area contributed by atoms with Gasteiger partial charge >= 0.3 is 5.97 Å². The molecule has 0 radical (unpaired) electrons. The van der Waals surface area contributed by atoms with Crippen LogP contribution in [0.5, 0.6) is 0 Å². The van der Waals surface area contributed by atoms with Crippen molar-refractivity contribution in [1.82, 2.24) is 4.98 Å². The average molecular weight is 459 g/mol. The van der Waals surface area contributed by atoms with Crippen LogP contribution in [0.2, 0.25) is 0 Å². The standard InChI is InChI=1S/C23H26N2O4S2/c1-6-25(21-16(5)30-22(24-21)17-9-7-15(4)8-10-17)31(28,29)18-11-12-19(14(2)3)20(13-18)23(26)27/h7-14H,6H2,1-5H3,(H,26,27). The molecule has 3 rings (SSSR count). The highest BCUT2D eigenvalue weighted by Gasteiger charge is 2.29. The molecule has 8 heteroatoms. The van der Waals surface area contributed by atoms with E-state index in [-0.39, 0.29) is 22.9 Å². The molecule has 1 aromatic heterocycles. The lowest BCUT2D eigenvalue weighted by Crippen LogP contribution is -2.31. The molecule has 0 aliphatic rings. The second-order valence-electron chi connectivity index (χ2n) is 7.64. The number of hydrogen-bond acceptors (Lipinski definition) is 5. The lowest BCUT2D eigenvalue weighted by atomic mass is 9.97. The average Bonchev–Trinajstić information content (AvgIpc) is 3.09. The molecule has 0 saturated carbocycles. The molecule has 6 nitrogen and oxygen atoms in total. The van der Waals surface area contributed by atoms with Crippen LogP contribution in [0.4, 0.5) is 5.82 Å². The molecule has 2 aromatic carbocycles. The van der Waals surface area contributed by atoms with Gasteiger partial charge in [0.1, 0.15) is 5.01 Å². The van der Waals surface area contributed by atoms with Gasteiger partial charge in [-0.25, -0.2) is 22.5 Å². The van der Waals surface area contributed by atoms with E-state index in [4.69, 9.17) is 0 Å². The number of benzene rings is 2. The molecular weight excluding hydrogens is 432 g/mol. The zero-order valence-corrected chi connectivity index (χ0v) is 19.8. The van der Waals surface area contributed by atoms with Gasteiger partial charge in [0, 0.05) is 17.0 Å². The molecule has 1 heterocycles. The number of hydrogen-bond donors (Lipinski definition) is 1. The largest absolute Gasteiger partial charge is 0.478 e. The maximum absolute atomic E-state index is 13.5. The Bertz CT molecular complexity index is 1210. The van der Waals surface area contributed by atoms with Crippen molar-refractivity contribution >= 4 is 33.1 Å². The lowest BCUT2D eigenvalue weighted by molar-refractivity contribution is 0.0695. The highest BCUT2D eigenvalue weighted by atomic mass is 32.2. The number of sulfonamides is 1. The quantitative estimate of drug-likeness (QED) is 0.508. The molecule has 164 valence electrons. The van der Waals surface area contributed by atoms with Gasteiger partial charge in [0.25, 0.3) is 10.0 Å². The molecule has 31 heavy (non-hydrogen) atoms. The SMILES string of the molecule is CCN(c1nc(-c2ccc(C)cc2)sc1C)S(=O)(=O)c1ccc(C(C)C)c(C(=O)O)c1. The van der Waals surface area contributed by atoms with Crippen LogP contribution in [0, 0.1) is 13.8 Å². The summed E-state index contributed by atoms with van der Waals surface area (Å²) in [7, 11) is -3.99. The van der Waals surface area contributed by atoms with E-state index in [1.54, 1.807) is 13.0 Å². The summed E-state index contributed by atoms with van der Waals surface area (Å²) in [6, 6.07) is 12.2. The van der Waals surface area contributed by atoms with E-state index in [0.717, 1.165) is 21.0 Å². The number of thiazole rings is 1. The number of carboxylic acids is 1. The molecule has 0 amide bonds. The fourth-order valence-electron chi connectivity index (χ4n) is 3.38. The van der Waals surface area contributed by atoms with Crippen LogP contribution in [0.3, 0.4) is 0 Å². The molecule has 0 fully saturated rings. The Morgan fingerprint density at radius 3 is 2.32 bits per heavy atom. The lowest BCUT2D eigenvalue weighted by Gasteiger charge is -2.22. The van der Waals surface area contributed by atoms with Gasteiger partial charge in [0.05, 0.1) is 10.5 Å². The van der Waals surface area contributed by atoms with Gasteiger partial charge < -0.3 is 5.11 Å². The minimum Gasteiger partial charge on any atom is -0.478 e. The minimum atomic E-state index is -3.99. The smallest absolute Gasteiger partial charge is 0.336 e. The van der Waals surface area contributed by atoms with E-state index < -0.39 is 16.0 Å². The van der Waals surface area contributed by atoms with Crippen LogP contribution in [-0.2, 0) is 10.0 Å². The second-order valence-corrected chi connectivity index (χ2v) is 10.7. The van der Waals surface area contributed by atoms with Crippen molar-refractivity contribution in [2.24, 2.45) is 0 Å². The molecule has 0 atom stereocenters. The van der Waals surface area contributed by atoms with Crippen LogP contribution in [0.25, 0.3) is 10.6 Å². The van der Waals surface area contributed by atoms with Gasteiger partial charge in [-0.3, -0.25) is 0 Å². The van der Waals surface area contributed by atoms with E-state index in [2.05, 4.69) is 4.98 Å². The maximum Gasteiger partial charge on any atom is 0.336 e. The Morgan fingerprint density at radius 2 is 1.77 bits per heavy atom. The summed E-state index contributed by atoms with van der Waals surface area (Å²) >= 11 is 1.43. The summed E-state index contributed by atoms with van der Waals surface area (Å²) in [5.41, 5.74) is 2.66. The van der Waals surface area contributed by atoms with Crippen molar-refractivity contribution in [3.8, 4) is 10.6 Å². The first-order valence-electron chi connectivity index (χ1n) is 10.0. The molecule has 3 aromatic rings. The number of nitrogens with zero attached hydrogens (tertiary/aromatic N) is 2. The molecule has 0 unspecified atom stereocenters. The van der Waals surface area contributed by atoms with Gasteiger partial charge in [0.15, 0.2) is 5.82 Å². The first kappa shape index (κ1) is 23.0. The Balaban J connectivity index is 2.07. The van der Waals surface area contributed by atoms with Crippen LogP contribution in [0.1, 0.15) is 53.1 Å². The van der Waals surface area contributed by atoms with Crippen LogP contribution in [0.15, 0.2) is 47.4 Å². The number of aryl methyl sites for hydroxylation is 2. The summed E-state index contributed by atoms with van der Waals surface area (Å²) in [6.45, 7) is 9.51. The Kier molecular flexibility index (Phi) is 6.52. The number of carboxylic acid groups (broad SMARTS) is 1. The topological polar surface area (TPSA) is 87.6 Å². The number of carbonyl (C=O) groups is 1. The van der Waals surface area contributed by atoms with E-state index in [0.29, 0.717) is 11.4 Å². The van der Waals surface area contributed by atoms with E-state index in [1.165, 1.54) is 27.8 Å². The third-order valence-electron chi connectivity index (χ3n) is 5.06. The Morgan fingerprint density at radius 1 is 1.13 bits per heavy atom. The molecule has 0 saturated heterocycles. The molecule has 1 N–H and O–H groups in total. The highest BCUT2D eigenvalue weighted by molar-refractivity contribution is 7.92. The van der Waals surface area contributed by atoms with Crippen molar-refractivity contribution in [2.75, 3.05) is 10.8 Å². The van der Waals surface area contributed by atoms with Gasteiger partial charge in [-0.1, -0.05) is 49.7 Å².